The first kappa shape index (κ1) is 15.3. The van der Waals surface area contributed by atoms with Crippen LogP contribution in [0.25, 0.3) is 0 Å². The van der Waals surface area contributed by atoms with Gasteiger partial charge < -0.3 is 9.15 Å². The number of nitrogens with zero attached hydrogens (tertiary/aromatic N) is 1. The Bertz CT molecular complexity index is 696. The van der Waals surface area contributed by atoms with Gasteiger partial charge in [0.2, 0.25) is 5.91 Å². The second-order valence-electron chi connectivity index (χ2n) is 5.21. The Labute approximate surface area is 134 Å². The smallest absolute Gasteiger partial charge is 0.251 e. The summed E-state index contributed by atoms with van der Waals surface area (Å²) in [6.45, 7) is 2.82. The lowest BCUT2D eigenvalue weighted by molar-refractivity contribution is -0.121. The van der Waals surface area contributed by atoms with Gasteiger partial charge in [0.15, 0.2) is 0 Å². The number of imide groups is 1. The van der Waals surface area contributed by atoms with Crippen molar-refractivity contribution in [3.05, 3.63) is 48.4 Å². The third kappa shape index (κ3) is 3.27. The van der Waals surface area contributed by atoms with Crippen molar-refractivity contribution in [3.8, 4) is 5.75 Å². The molecule has 1 aliphatic rings. The van der Waals surface area contributed by atoms with Crippen molar-refractivity contribution >= 4 is 17.5 Å². The average molecular weight is 314 g/mol. The average Bonchev–Trinajstić information content (AvgIpc) is 3.14. The summed E-state index contributed by atoms with van der Waals surface area (Å²) >= 11 is 0. The molecule has 2 amide bonds. The molecule has 6 heteroatoms. The highest BCUT2D eigenvalue weighted by Crippen LogP contribution is 2.26. The molecule has 0 saturated carbocycles. The summed E-state index contributed by atoms with van der Waals surface area (Å²) in [5.74, 6) is 0.885. The second-order valence-corrected chi connectivity index (χ2v) is 5.21. The van der Waals surface area contributed by atoms with Crippen molar-refractivity contribution in [3.63, 3.8) is 0 Å². The molecule has 1 aromatic heterocycles. The third-order valence-corrected chi connectivity index (χ3v) is 3.64. The van der Waals surface area contributed by atoms with Crippen molar-refractivity contribution in [2.75, 3.05) is 11.5 Å². The van der Waals surface area contributed by atoms with E-state index in [2.05, 4.69) is 5.32 Å². The van der Waals surface area contributed by atoms with Gasteiger partial charge in [-0.25, -0.2) is 4.90 Å². The predicted octanol–water partition coefficient (Wildman–Crippen LogP) is 2.10. The predicted molar refractivity (Wildman–Crippen MR) is 84.1 cm³/mol. The summed E-state index contributed by atoms with van der Waals surface area (Å²) in [7, 11) is 0. The molecule has 1 aliphatic heterocycles. The van der Waals surface area contributed by atoms with Crippen LogP contribution >= 0.6 is 0 Å². The maximum atomic E-state index is 12.5. The van der Waals surface area contributed by atoms with E-state index in [0.29, 0.717) is 24.6 Å². The lowest BCUT2D eigenvalue weighted by Crippen LogP contribution is -2.38. The van der Waals surface area contributed by atoms with Crippen LogP contribution in [0.4, 0.5) is 5.69 Å². The van der Waals surface area contributed by atoms with Gasteiger partial charge in [-0.2, -0.15) is 0 Å². The molecule has 3 rings (SSSR count). The fraction of sp³-hybridized carbons (Fsp3) is 0.294. The highest BCUT2D eigenvalue weighted by molar-refractivity contribution is 6.22. The number of rotatable bonds is 6. The Kier molecular flexibility index (Phi) is 4.43. The molecule has 0 aliphatic carbocycles. The van der Waals surface area contributed by atoms with Crippen LogP contribution in [-0.2, 0) is 16.1 Å². The minimum Gasteiger partial charge on any atom is -0.494 e. The minimum atomic E-state index is -0.539. The van der Waals surface area contributed by atoms with Crippen molar-refractivity contribution in [2.24, 2.45) is 0 Å². The number of carbonyl (C=O) groups excluding carboxylic acids is 2. The molecule has 1 atom stereocenters. The Morgan fingerprint density at radius 1 is 1.30 bits per heavy atom. The lowest BCUT2D eigenvalue weighted by atomic mass is 10.2. The molecule has 0 spiro atoms. The maximum Gasteiger partial charge on any atom is 0.251 e. The van der Waals surface area contributed by atoms with E-state index in [9.17, 15) is 9.59 Å². The summed E-state index contributed by atoms with van der Waals surface area (Å²) in [5.41, 5.74) is 0.535. The summed E-state index contributed by atoms with van der Waals surface area (Å²) in [6, 6.07) is 10.1. The molecular formula is C17H18N2O4. The SMILES string of the molecule is CCOc1cccc(N2C(=O)C[C@@H](NCc3ccco3)C2=O)c1. The first-order valence-corrected chi connectivity index (χ1v) is 7.54. The number of hydrogen-bond acceptors (Lipinski definition) is 5. The van der Waals surface area contributed by atoms with Gasteiger partial charge in [0.25, 0.3) is 5.91 Å². The zero-order chi connectivity index (χ0) is 16.2. The van der Waals surface area contributed by atoms with Gasteiger partial charge in [0.1, 0.15) is 11.5 Å². The number of benzene rings is 1. The molecule has 23 heavy (non-hydrogen) atoms. The van der Waals surface area contributed by atoms with Crippen LogP contribution < -0.4 is 15.0 Å². The third-order valence-electron chi connectivity index (χ3n) is 3.64. The fourth-order valence-corrected chi connectivity index (χ4v) is 2.58. The van der Waals surface area contributed by atoms with Gasteiger partial charge in [0, 0.05) is 6.07 Å². The Morgan fingerprint density at radius 3 is 2.91 bits per heavy atom. The molecule has 2 aromatic rings. The van der Waals surface area contributed by atoms with E-state index < -0.39 is 6.04 Å². The van der Waals surface area contributed by atoms with Crippen molar-refractivity contribution in [1.29, 1.82) is 0 Å². The van der Waals surface area contributed by atoms with Gasteiger partial charge in [-0.1, -0.05) is 6.07 Å². The molecule has 1 aromatic carbocycles. The Hall–Kier alpha value is -2.60. The van der Waals surface area contributed by atoms with E-state index in [1.807, 2.05) is 13.0 Å². The summed E-state index contributed by atoms with van der Waals surface area (Å²) in [6.07, 6.45) is 1.71. The van der Waals surface area contributed by atoms with Crippen LogP contribution in [0.15, 0.2) is 47.1 Å². The van der Waals surface area contributed by atoms with E-state index >= 15 is 0 Å². The number of anilines is 1. The van der Waals surface area contributed by atoms with E-state index in [1.165, 1.54) is 4.90 Å². The molecule has 2 heterocycles. The minimum absolute atomic E-state index is 0.137. The Balaban J connectivity index is 1.72. The van der Waals surface area contributed by atoms with Gasteiger partial charge >= 0.3 is 0 Å². The molecule has 0 bridgehead atoms. The van der Waals surface area contributed by atoms with Crippen molar-refractivity contribution < 1.29 is 18.7 Å². The first-order chi connectivity index (χ1) is 11.2. The number of carbonyl (C=O) groups is 2. The largest absolute Gasteiger partial charge is 0.494 e. The topological polar surface area (TPSA) is 71.8 Å². The molecule has 0 unspecified atom stereocenters. The molecule has 1 N–H and O–H groups in total. The number of furan rings is 1. The number of hydrogen-bond donors (Lipinski definition) is 1. The number of ether oxygens (including phenoxy) is 1. The molecule has 120 valence electrons. The van der Waals surface area contributed by atoms with Crippen molar-refractivity contribution in [2.45, 2.75) is 25.9 Å². The van der Waals surface area contributed by atoms with E-state index in [1.54, 1.807) is 36.6 Å². The summed E-state index contributed by atoms with van der Waals surface area (Å²) in [4.78, 5) is 26.0. The zero-order valence-corrected chi connectivity index (χ0v) is 12.8. The monoisotopic (exact) mass is 314 g/mol. The van der Waals surface area contributed by atoms with Gasteiger partial charge in [-0.3, -0.25) is 14.9 Å². The zero-order valence-electron chi connectivity index (χ0n) is 12.8. The highest BCUT2D eigenvalue weighted by Gasteiger charge is 2.39. The molecule has 6 nitrogen and oxygen atoms in total. The van der Waals surface area contributed by atoms with Gasteiger partial charge in [-0.15, -0.1) is 0 Å². The fourth-order valence-electron chi connectivity index (χ4n) is 2.58. The second kappa shape index (κ2) is 6.66. The van der Waals surface area contributed by atoms with E-state index in [4.69, 9.17) is 9.15 Å². The van der Waals surface area contributed by atoms with Crippen LogP contribution in [0.1, 0.15) is 19.1 Å². The van der Waals surface area contributed by atoms with Crippen LogP contribution in [0, 0.1) is 0 Å². The van der Waals surface area contributed by atoms with Gasteiger partial charge in [-0.05, 0) is 31.2 Å². The number of amides is 2. The molecule has 1 saturated heterocycles. The standard InChI is InChI=1S/C17H18N2O4/c1-2-22-13-6-3-5-12(9-13)19-16(20)10-15(17(19)21)18-11-14-7-4-8-23-14/h3-9,15,18H,2,10-11H2,1H3/t15-/m1/s1. The van der Waals surface area contributed by atoms with E-state index in [0.717, 1.165) is 5.76 Å². The molecule has 1 fully saturated rings. The quantitative estimate of drug-likeness (QED) is 0.827. The van der Waals surface area contributed by atoms with E-state index in [-0.39, 0.29) is 18.2 Å². The summed E-state index contributed by atoms with van der Waals surface area (Å²) in [5, 5.41) is 3.07. The van der Waals surface area contributed by atoms with Crippen LogP contribution in [0.2, 0.25) is 0 Å². The molecule has 0 radical (unpaired) electrons. The molecular weight excluding hydrogens is 296 g/mol. The van der Waals surface area contributed by atoms with Crippen molar-refractivity contribution in [1.82, 2.24) is 5.32 Å². The Morgan fingerprint density at radius 2 is 2.17 bits per heavy atom. The lowest BCUT2D eigenvalue weighted by Gasteiger charge is -2.16. The van der Waals surface area contributed by atoms with Gasteiger partial charge in [0.05, 0.1) is 37.6 Å². The maximum absolute atomic E-state index is 12.5. The van der Waals surface area contributed by atoms with Crippen LogP contribution in [0.3, 0.4) is 0 Å². The summed E-state index contributed by atoms with van der Waals surface area (Å²) < 4.78 is 10.6. The first-order valence-electron chi connectivity index (χ1n) is 7.54. The highest BCUT2D eigenvalue weighted by atomic mass is 16.5. The number of nitrogens with one attached hydrogen (secondary N) is 1. The normalized spacial score (nSPS) is 17.8. The van der Waals surface area contributed by atoms with Crippen LogP contribution in [-0.4, -0.2) is 24.5 Å². The van der Waals surface area contributed by atoms with Crippen LogP contribution in [0.5, 0.6) is 5.75 Å².